The van der Waals surface area contributed by atoms with Crippen molar-refractivity contribution in [1.29, 1.82) is 0 Å². The molecule has 2 heteroatoms. The highest BCUT2D eigenvalue weighted by Gasteiger charge is 2.28. The van der Waals surface area contributed by atoms with E-state index >= 15 is 0 Å². The van der Waals surface area contributed by atoms with Crippen LogP contribution in [0, 0.1) is 12.3 Å². The highest BCUT2D eigenvalue weighted by Crippen LogP contribution is 2.28. The summed E-state index contributed by atoms with van der Waals surface area (Å²) in [5, 5.41) is 1.60. The lowest BCUT2D eigenvalue weighted by Gasteiger charge is -2.27. The van der Waals surface area contributed by atoms with Crippen LogP contribution in [0.4, 0.5) is 0 Å². The summed E-state index contributed by atoms with van der Waals surface area (Å²) in [4.78, 5) is 0. The molecule has 0 aliphatic rings. The van der Waals surface area contributed by atoms with Gasteiger partial charge in [0.05, 0.1) is 8.07 Å². The molecule has 1 aromatic carbocycles. The average Bonchev–Trinajstić information content (AvgIpc) is 2.48. The van der Waals surface area contributed by atoms with E-state index in [4.69, 9.17) is 0 Å². The lowest BCUT2D eigenvalue weighted by Crippen LogP contribution is -2.47. The standard InChI is InChI=1S/C22H34NSi/c1-9-22(3,4)15-18-14-20(19-13-11-10-12-17(19)2)23(5)16-21(18)24(6,7)8/h10-14,16H,9,15H2,1-8H3/q+1. The molecule has 0 saturated carbocycles. The molecule has 1 aromatic heterocycles. The van der Waals surface area contributed by atoms with Crippen LogP contribution in [-0.4, -0.2) is 8.07 Å². The number of hydrogen-bond donors (Lipinski definition) is 0. The maximum Gasteiger partial charge on any atom is 0.212 e. The van der Waals surface area contributed by atoms with Crippen LogP contribution in [0.2, 0.25) is 19.6 Å². The van der Waals surface area contributed by atoms with Crippen molar-refractivity contribution in [2.45, 2.75) is 60.2 Å². The summed E-state index contributed by atoms with van der Waals surface area (Å²) in [6.07, 6.45) is 4.77. The fourth-order valence-corrected chi connectivity index (χ4v) is 4.99. The van der Waals surface area contributed by atoms with E-state index in [-0.39, 0.29) is 0 Å². The first-order chi connectivity index (χ1) is 11.0. The largest absolute Gasteiger partial charge is 0.212 e. The first-order valence-electron chi connectivity index (χ1n) is 9.14. The Bertz CT molecular complexity index is 723. The number of hydrogen-bond acceptors (Lipinski definition) is 0. The van der Waals surface area contributed by atoms with Crippen molar-refractivity contribution in [3.63, 3.8) is 0 Å². The summed E-state index contributed by atoms with van der Waals surface area (Å²) in [5.74, 6) is 0. The molecule has 1 nitrogen and oxygen atoms in total. The molecule has 130 valence electrons. The van der Waals surface area contributed by atoms with Crippen molar-refractivity contribution in [2.24, 2.45) is 12.5 Å². The van der Waals surface area contributed by atoms with Gasteiger partial charge in [0.25, 0.3) is 0 Å². The van der Waals surface area contributed by atoms with Gasteiger partial charge in [0.15, 0.2) is 6.20 Å². The number of aryl methyl sites for hydroxylation is 2. The Kier molecular flexibility index (Phi) is 5.39. The second kappa shape index (κ2) is 6.83. The first-order valence-corrected chi connectivity index (χ1v) is 12.6. The Labute approximate surface area is 149 Å². The molecule has 24 heavy (non-hydrogen) atoms. The van der Waals surface area contributed by atoms with Crippen molar-refractivity contribution < 1.29 is 4.57 Å². The van der Waals surface area contributed by atoms with Crippen LogP contribution in [0.25, 0.3) is 11.3 Å². The Balaban J connectivity index is 2.66. The second-order valence-electron chi connectivity index (χ2n) is 8.97. The zero-order chi connectivity index (χ0) is 18.1. The third-order valence-corrected chi connectivity index (χ3v) is 7.28. The van der Waals surface area contributed by atoms with Crippen LogP contribution in [0.5, 0.6) is 0 Å². The van der Waals surface area contributed by atoms with E-state index in [1.165, 1.54) is 23.2 Å². The second-order valence-corrected chi connectivity index (χ2v) is 14.0. The molecule has 0 radical (unpaired) electrons. The monoisotopic (exact) mass is 340 g/mol. The van der Waals surface area contributed by atoms with Crippen LogP contribution in [0.15, 0.2) is 36.5 Å². The average molecular weight is 341 g/mol. The Hall–Kier alpha value is -1.41. The third kappa shape index (κ3) is 4.16. The van der Waals surface area contributed by atoms with E-state index in [2.05, 4.69) is 95.5 Å². The predicted molar refractivity (Wildman–Crippen MR) is 109 cm³/mol. The first kappa shape index (κ1) is 18.9. The molecule has 0 aliphatic carbocycles. The normalized spacial score (nSPS) is 12.5. The third-order valence-electron chi connectivity index (χ3n) is 5.21. The minimum absolute atomic E-state index is 0.345. The molecule has 2 aromatic rings. The van der Waals surface area contributed by atoms with Gasteiger partial charge in [-0.05, 0) is 36.0 Å². The van der Waals surface area contributed by atoms with E-state index in [1.54, 1.807) is 10.8 Å². The molecule has 0 atom stereocenters. The topological polar surface area (TPSA) is 3.88 Å². The van der Waals surface area contributed by atoms with E-state index < -0.39 is 8.07 Å². The van der Waals surface area contributed by atoms with Crippen molar-refractivity contribution in [3.05, 3.63) is 47.7 Å². The molecule has 0 unspecified atom stereocenters. The van der Waals surface area contributed by atoms with Gasteiger partial charge in [-0.2, -0.15) is 0 Å². The van der Waals surface area contributed by atoms with Crippen LogP contribution < -0.4 is 9.75 Å². The molecule has 0 aliphatic heterocycles. The molecular formula is C22H34NSi+. The van der Waals surface area contributed by atoms with Gasteiger partial charge < -0.3 is 0 Å². The summed E-state index contributed by atoms with van der Waals surface area (Å²) in [5.41, 5.74) is 5.92. The molecule has 1 heterocycles. The van der Waals surface area contributed by atoms with Crippen LogP contribution in [-0.2, 0) is 13.5 Å². The molecule has 0 saturated heterocycles. The van der Waals surface area contributed by atoms with E-state index in [0.717, 1.165) is 6.42 Å². The van der Waals surface area contributed by atoms with Crippen LogP contribution >= 0.6 is 0 Å². The highest BCUT2D eigenvalue weighted by atomic mass is 28.3. The van der Waals surface area contributed by atoms with Crippen molar-refractivity contribution >= 4 is 13.3 Å². The molecule has 0 amide bonds. The van der Waals surface area contributed by atoms with Gasteiger partial charge in [0, 0.05) is 16.8 Å². The summed E-state index contributed by atoms with van der Waals surface area (Å²) < 4.78 is 2.33. The van der Waals surface area contributed by atoms with E-state index in [1.807, 2.05) is 0 Å². The molecule has 0 fully saturated rings. The van der Waals surface area contributed by atoms with Gasteiger partial charge in [-0.1, -0.05) is 65.0 Å². The number of aromatic nitrogens is 1. The fraction of sp³-hybridized carbons (Fsp3) is 0.500. The van der Waals surface area contributed by atoms with E-state index in [0.29, 0.717) is 5.41 Å². The molecule has 0 N–H and O–H groups in total. The highest BCUT2D eigenvalue weighted by molar-refractivity contribution is 6.88. The Morgan fingerprint density at radius 2 is 1.71 bits per heavy atom. The summed E-state index contributed by atoms with van der Waals surface area (Å²) in [6.45, 7) is 16.7. The zero-order valence-electron chi connectivity index (χ0n) is 16.8. The molecule has 2 rings (SSSR count). The van der Waals surface area contributed by atoms with E-state index in [9.17, 15) is 0 Å². The maximum absolute atomic E-state index is 2.47. The Morgan fingerprint density at radius 1 is 1.08 bits per heavy atom. The SMILES string of the molecule is CCC(C)(C)Cc1cc(-c2ccccc2C)[n+](C)cc1[Si](C)(C)C. The zero-order valence-corrected chi connectivity index (χ0v) is 17.8. The molecule has 0 bridgehead atoms. The lowest BCUT2D eigenvalue weighted by atomic mass is 9.83. The minimum Gasteiger partial charge on any atom is -0.201 e. The Morgan fingerprint density at radius 3 is 2.25 bits per heavy atom. The molecular weight excluding hydrogens is 306 g/mol. The predicted octanol–water partition coefficient (Wildman–Crippen LogP) is 5.01. The van der Waals surface area contributed by atoms with Gasteiger partial charge >= 0.3 is 0 Å². The summed E-state index contributed by atoms with van der Waals surface area (Å²) in [7, 11) is 0.815. The van der Waals surface area contributed by atoms with Gasteiger partial charge in [0.2, 0.25) is 5.69 Å². The number of rotatable bonds is 5. The fourth-order valence-electron chi connectivity index (χ4n) is 3.28. The van der Waals surface area contributed by atoms with Gasteiger partial charge in [0.1, 0.15) is 7.05 Å². The summed E-state index contributed by atoms with van der Waals surface area (Å²) >= 11 is 0. The summed E-state index contributed by atoms with van der Waals surface area (Å²) in [6, 6.07) is 11.2. The number of benzene rings is 1. The minimum atomic E-state index is -1.38. The smallest absolute Gasteiger partial charge is 0.201 e. The quantitative estimate of drug-likeness (QED) is 0.532. The number of pyridine rings is 1. The van der Waals surface area contributed by atoms with Gasteiger partial charge in [-0.3, -0.25) is 0 Å². The van der Waals surface area contributed by atoms with Crippen molar-refractivity contribution in [1.82, 2.24) is 0 Å². The lowest BCUT2D eigenvalue weighted by molar-refractivity contribution is -0.659. The van der Waals surface area contributed by atoms with Crippen LogP contribution in [0.3, 0.4) is 0 Å². The molecule has 0 spiro atoms. The van der Waals surface area contributed by atoms with Gasteiger partial charge in [-0.15, -0.1) is 0 Å². The van der Waals surface area contributed by atoms with Crippen molar-refractivity contribution in [2.75, 3.05) is 0 Å². The van der Waals surface area contributed by atoms with Crippen LogP contribution in [0.1, 0.15) is 38.3 Å². The van der Waals surface area contributed by atoms with Gasteiger partial charge in [-0.25, -0.2) is 4.57 Å². The maximum atomic E-state index is 2.47. The van der Waals surface area contributed by atoms with Crippen molar-refractivity contribution in [3.8, 4) is 11.3 Å². The number of nitrogens with zero attached hydrogens (tertiary/aromatic N) is 1.